The van der Waals surface area contributed by atoms with Crippen molar-refractivity contribution < 1.29 is 10.2 Å². The summed E-state index contributed by atoms with van der Waals surface area (Å²) in [6, 6.07) is 6.01. The van der Waals surface area contributed by atoms with Crippen LogP contribution < -0.4 is 5.32 Å². The molecule has 0 unspecified atom stereocenters. The van der Waals surface area contributed by atoms with Crippen LogP contribution in [-0.2, 0) is 0 Å². The van der Waals surface area contributed by atoms with E-state index in [9.17, 15) is 5.11 Å². The number of aromatic hydroxyl groups is 1. The summed E-state index contributed by atoms with van der Waals surface area (Å²) in [5.41, 5.74) is 1.97. The van der Waals surface area contributed by atoms with Gasteiger partial charge in [0.05, 0.1) is 12.3 Å². The van der Waals surface area contributed by atoms with Crippen molar-refractivity contribution in [1.82, 2.24) is 20.1 Å². The van der Waals surface area contributed by atoms with Crippen molar-refractivity contribution in [2.45, 2.75) is 25.8 Å². The van der Waals surface area contributed by atoms with E-state index >= 15 is 0 Å². The number of likely N-dealkylation sites (tertiary alicyclic amines) is 1. The first-order valence-corrected chi connectivity index (χ1v) is 10.0. The van der Waals surface area contributed by atoms with Crippen molar-refractivity contribution in [3.8, 4) is 17.0 Å². The average molecular weight is 385 g/mol. The summed E-state index contributed by atoms with van der Waals surface area (Å²) in [6.07, 6.45) is 2.12. The predicted molar refractivity (Wildman–Crippen MR) is 107 cm³/mol. The average Bonchev–Trinajstić information content (AvgIpc) is 3.13. The monoisotopic (exact) mass is 385 g/mol. The number of rotatable bonds is 5. The summed E-state index contributed by atoms with van der Waals surface area (Å²) in [7, 11) is 0. The molecule has 8 heteroatoms. The molecule has 3 heterocycles. The maximum atomic E-state index is 10.6. The zero-order chi connectivity index (χ0) is 18.8. The smallest absolute Gasteiger partial charge is 0.243 e. The Kier molecular flexibility index (Phi) is 5.20. The largest absolute Gasteiger partial charge is 0.507 e. The SMILES string of the molecule is Cc1nc(N[C@@H]2CCCN(CCO)C2)nnc1-c1ccc2sccc2c1O. The minimum Gasteiger partial charge on any atom is -0.507 e. The number of nitrogens with zero attached hydrogens (tertiary/aromatic N) is 4. The van der Waals surface area contributed by atoms with Gasteiger partial charge in [0.25, 0.3) is 0 Å². The second-order valence-electron chi connectivity index (χ2n) is 6.87. The number of phenols is 1. The second kappa shape index (κ2) is 7.75. The maximum absolute atomic E-state index is 10.6. The Hall–Kier alpha value is -2.29. The lowest BCUT2D eigenvalue weighted by atomic mass is 10.1. The third-order valence-electron chi connectivity index (χ3n) is 4.98. The van der Waals surface area contributed by atoms with Crippen LogP contribution in [0.5, 0.6) is 5.75 Å². The molecule has 3 aromatic rings. The van der Waals surface area contributed by atoms with Crippen molar-refractivity contribution in [1.29, 1.82) is 0 Å². The van der Waals surface area contributed by atoms with Crippen LogP contribution in [-0.4, -0.2) is 62.6 Å². The Balaban J connectivity index is 1.54. The van der Waals surface area contributed by atoms with Crippen molar-refractivity contribution in [2.75, 3.05) is 31.6 Å². The molecule has 1 aliphatic heterocycles. The number of hydrogen-bond acceptors (Lipinski definition) is 8. The molecule has 4 rings (SSSR count). The molecule has 0 amide bonds. The molecule has 2 aromatic heterocycles. The van der Waals surface area contributed by atoms with Gasteiger partial charge in [-0.2, -0.15) is 0 Å². The second-order valence-corrected chi connectivity index (χ2v) is 7.82. The van der Waals surface area contributed by atoms with E-state index in [0.717, 1.165) is 41.7 Å². The van der Waals surface area contributed by atoms with E-state index in [1.54, 1.807) is 11.3 Å². The molecule has 27 heavy (non-hydrogen) atoms. The van der Waals surface area contributed by atoms with E-state index in [2.05, 4.69) is 25.4 Å². The van der Waals surface area contributed by atoms with Crippen LogP contribution in [0.1, 0.15) is 18.5 Å². The lowest BCUT2D eigenvalue weighted by Crippen LogP contribution is -2.43. The first-order valence-electron chi connectivity index (χ1n) is 9.16. The molecule has 1 saturated heterocycles. The lowest BCUT2D eigenvalue weighted by molar-refractivity contribution is 0.166. The molecule has 0 spiro atoms. The summed E-state index contributed by atoms with van der Waals surface area (Å²) >= 11 is 1.59. The third kappa shape index (κ3) is 3.73. The van der Waals surface area contributed by atoms with Gasteiger partial charge in [-0.1, -0.05) is 0 Å². The molecule has 0 saturated carbocycles. The first kappa shape index (κ1) is 18.1. The fourth-order valence-corrected chi connectivity index (χ4v) is 4.42. The Morgan fingerprint density at radius 1 is 1.30 bits per heavy atom. The van der Waals surface area contributed by atoms with E-state index in [-0.39, 0.29) is 18.4 Å². The normalized spacial score (nSPS) is 18.1. The van der Waals surface area contributed by atoms with Crippen molar-refractivity contribution in [2.24, 2.45) is 0 Å². The van der Waals surface area contributed by atoms with Gasteiger partial charge >= 0.3 is 0 Å². The fourth-order valence-electron chi connectivity index (χ4n) is 3.63. The molecule has 1 aromatic carbocycles. The topological polar surface area (TPSA) is 94.4 Å². The quantitative estimate of drug-likeness (QED) is 0.621. The van der Waals surface area contributed by atoms with Gasteiger partial charge in [0.1, 0.15) is 11.4 Å². The molecule has 0 aliphatic carbocycles. The number of aryl methyl sites for hydroxylation is 1. The Morgan fingerprint density at radius 2 is 2.19 bits per heavy atom. The van der Waals surface area contributed by atoms with E-state index in [4.69, 9.17) is 5.11 Å². The van der Waals surface area contributed by atoms with Gasteiger partial charge in [-0.3, -0.25) is 4.90 Å². The van der Waals surface area contributed by atoms with Crippen LogP contribution in [0.4, 0.5) is 5.95 Å². The molecule has 0 radical (unpaired) electrons. The molecule has 3 N–H and O–H groups in total. The molecule has 7 nitrogen and oxygen atoms in total. The zero-order valence-electron chi connectivity index (χ0n) is 15.2. The highest BCUT2D eigenvalue weighted by Gasteiger charge is 2.21. The van der Waals surface area contributed by atoms with E-state index in [0.29, 0.717) is 23.8 Å². The minimum absolute atomic E-state index is 0.177. The van der Waals surface area contributed by atoms with Crippen LogP contribution in [0.3, 0.4) is 0 Å². The van der Waals surface area contributed by atoms with Crippen LogP contribution >= 0.6 is 11.3 Å². The number of aliphatic hydroxyl groups excluding tert-OH is 1. The van der Waals surface area contributed by atoms with Crippen LogP contribution in [0.25, 0.3) is 21.3 Å². The van der Waals surface area contributed by atoms with E-state index < -0.39 is 0 Å². The number of fused-ring (bicyclic) bond motifs is 1. The number of piperidine rings is 1. The van der Waals surface area contributed by atoms with Crippen molar-refractivity contribution in [3.63, 3.8) is 0 Å². The van der Waals surface area contributed by atoms with Gasteiger partial charge in [-0.05, 0) is 49.9 Å². The van der Waals surface area contributed by atoms with E-state index in [1.165, 1.54) is 0 Å². The van der Waals surface area contributed by atoms with Gasteiger partial charge in [-0.25, -0.2) is 4.98 Å². The molecule has 1 aliphatic rings. The van der Waals surface area contributed by atoms with Gasteiger partial charge in [0, 0.05) is 34.8 Å². The molecular weight excluding hydrogens is 362 g/mol. The summed E-state index contributed by atoms with van der Waals surface area (Å²) in [5, 5.41) is 34.4. The van der Waals surface area contributed by atoms with Gasteiger partial charge in [-0.15, -0.1) is 21.5 Å². The van der Waals surface area contributed by atoms with Gasteiger partial charge < -0.3 is 15.5 Å². The summed E-state index contributed by atoms with van der Waals surface area (Å²) in [4.78, 5) is 6.80. The number of benzene rings is 1. The number of β-amino-alcohol motifs (C(OH)–C–C–N with tert-alkyl or cyclic N) is 1. The number of aromatic nitrogens is 3. The van der Waals surface area contributed by atoms with Crippen LogP contribution in [0.2, 0.25) is 0 Å². The molecular formula is C19H23N5O2S. The number of phenolic OH excluding ortho intramolecular Hbond substituents is 1. The maximum Gasteiger partial charge on any atom is 0.243 e. The summed E-state index contributed by atoms with van der Waals surface area (Å²) < 4.78 is 1.04. The van der Waals surface area contributed by atoms with Crippen molar-refractivity contribution in [3.05, 3.63) is 29.3 Å². The van der Waals surface area contributed by atoms with Crippen molar-refractivity contribution >= 4 is 27.4 Å². The number of aliphatic hydroxyl groups is 1. The third-order valence-corrected chi connectivity index (χ3v) is 5.86. The highest BCUT2D eigenvalue weighted by Crippen LogP contribution is 2.37. The van der Waals surface area contributed by atoms with Crippen LogP contribution in [0, 0.1) is 6.92 Å². The zero-order valence-corrected chi connectivity index (χ0v) is 16.0. The molecule has 1 atom stereocenters. The fraction of sp³-hybridized carbons (Fsp3) is 0.421. The number of nitrogens with one attached hydrogen (secondary N) is 1. The standard InChI is InChI=1S/C19H23N5O2S/c1-12-17(15-4-5-16-14(18(15)26)6-10-27-16)22-23-19(20-12)21-13-3-2-7-24(11-13)8-9-25/h4-6,10,13,25-26H,2-3,7-9,11H2,1H3,(H,20,21,23)/t13-/m1/s1. The highest BCUT2D eigenvalue weighted by atomic mass is 32.1. The van der Waals surface area contributed by atoms with Gasteiger partial charge in [0.15, 0.2) is 0 Å². The Morgan fingerprint density at radius 3 is 3.00 bits per heavy atom. The summed E-state index contributed by atoms with van der Waals surface area (Å²) in [6.45, 7) is 4.63. The Bertz CT molecular complexity index is 943. The summed E-state index contributed by atoms with van der Waals surface area (Å²) in [5.74, 6) is 0.726. The minimum atomic E-state index is 0.177. The molecule has 0 bridgehead atoms. The lowest BCUT2D eigenvalue weighted by Gasteiger charge is -2.32. The van der Waals surface area contributed by atoms with Crippen LogP contribution in [0.15, 0.2) is 23.6 Å². The first-order chi connectivity index (χ1) is 13.2. The predicted octanol–water partition coefficient (Wildman–Crippen LogP) is 2.64. The van der Waals surface area contributed by atoms with Gasteiger partial charge in [0.2, 0.25) is 5.95 Å². The number of hydrogen-bond donors (Lipinski definition) is 3. The number of thiophene rings is 1. The molecule has 1 fully saturated rings. The molecule has 142 valence electrons. The highest BCUT2D eigenvalue weighted by molar-refractivity contribution is 7.17. The van der Waals surface area contributed by atoms with E-state index in [1.807, 2.05) is 30.5 Å². The number of anilines is 1. The Labute approximate surface area is 161 Å².